The monoisotopic (exact) mass is 300 g/mol. The normalized spacial score (nSPS) is 10.3. The fourth-order valence-corrected chi connectivity index (χ4v) is 1.73. The van der Waals surface area contributed by atoms with Gasteiger partial charge in [0, 0.05) is 0 Å². The first-order valence-corrected chi connectivity index (χ1v) is 6.04. The molecule has 2 N–H and O–H groups in total. The Labute approximate surface area is 119 Å². The van der Waals surface area contributed by atoms with Crippen LogP contribution in [0.2, 0.25) is 10.0 Å². The van der Waals surface area contributed by atoms with Crippen molar-refractivity contribution in [3.8, 4) is 6.01 Å². The number of aromatic amines is 1. The van der Waals surface area contributed by atoms with E-state index in [0.29, 0.717) is 10.0 Å². The maximum atomic E-state index is 11.8. The Morgan fingerprint density at radius 2 is 2.21 bits per heavy atom. The highest BCUT2D eigenvalue weighted by Crippen LogP contribution is 2.22. The van der Waals surface area contributed by atoms with Gasteiger partial charge in [-0.25, -0.2) is 5.10 Å². The highest BCUT2D eigenvalue weighted by atomic mass is 35.5. The van der Waals surface area contributed by atoms with Crippen LogP contribution in [0.3, 0.4) is 0 Å². The van der Waals surface area contributed by atoms with Gasteiger partial charge in [0.25, 0.3) is 0 Å². The molecular weight excluding hydrogens is 291 g/mol. The van der Waals surface area contributed by atoms with Crippen molar-refractivity contribution in [3.05, 3.63) is 33.8 Å². The summed E-state index contributed by atoms with van der Waals surface area (Å²) in [6.07, 6.45) is 0.153. The van der Waals surface area contributed by atoms with Gasteiger partial charge in [-0.05, 0) is 17.7 Å². The Bertz CT molecular complexity index is 600. The van der Waals surface area contributed by atoms with Crippen LogP contribution in [0.5, 0.6) is 6.01 Å². The molecule has 2 aromatic rings. The lowest BCUT2D eigenvalue weighted by atomic mass is 10.1. The maximum absolute atomic E-state index is 11.8. The second-order valence-corrected chi connectivity index (χ2v) is 4.46. The van der Waals surface area contributed by atoms with Crippen LogP contribution < -0.4 is 10.1 Å². The third kappa shape index (κ3) is 3.59. The van der Waals surface area contributed by atoms with Crippen LogP contribution in [0, 0.1) is 0 Å². The second-order valence-electron chi connectivity index (χ2n) is 3.64. The number of carbonyl (C=O) groups is 1. The van der Waals surface area contributed by atoms with Gasteiger partial charge in [0.1, 0.15) is 0 Å². The van der Waals surface area contributed by atoms with Crippen molar-refractivity contribution in [2.24, 2.45) is 0 Å². The number of hydrogen-bond donors (Lipinski definition) is 2. The van der Waals surface area contributed by atoms with Crippen molar-refractivity contribution < 1.29 is 9.53 Å². The van der Waals surface area contributed by atoms with E-state index < -0.39 is 0 Å². The summed E-state index contributed by atoms with van der Waals surface area (Å²) in [6, 6.07) is 5.17. The molecule has 0 saturated heterocycles. The van der Waals surface area contributed by atoms with Gasteiger partial charge in [-0.2, -0.15) is 4.98 Å². The van der Waals surface area contributed by atoms with E-state index in [4.69, 9.17) is 27.9 Å². The number of methoxy groups -OCH3 is 1. The minimum atomic E-state index is -0.253. The number of rotatable bonds is 4. The quantitative estimate of drug-likeness (QED) is 0.908. The number of hydrogen-bond acceptors (Lipinski definition) is 4. The molecule has 2 rings (SSSR count). The summed E-state index contributed by atoms with van der Waals surface area (Å²) in [6.45, 7) is 0. The van der Waals surface area contributed by atoms with Crippen LogP contribution in [0.1, 0.15) is 5.56 Å². The molecule has 0 spiro atoms. The van der Waals surface area contributed by atoms with Crippen LogP contribution in [0.25, 0.3) is 0 Å². The highest BCUT2D eigenvalue weighted by Gasteiger charge is 2.09. The molecule has 19 heavy (non-hydrogen) atoms. The zero-order chi connectivity index (χ0) is 13.8. The summed E-state index contributed by atoms with van der Waals surface area (Å²) in [4.78, 5) is 15.6. The Morgan fingerprint density at radius 3 is 2.84 bits per heavy atom. The van der Waals surface area contributed by atoms with E-state index in [0.717, 1.165) is 5.56 Å². The molecule has 1 heterocycles. The first-order valence-electron chi connectivity index (χ1n) is 5.28. The summed E-state index contributed by atoms with van der Waals surface area (Å²) in [5, 5.41) is 9.65. The zero-order valence-corrected chi connectivity index (χ0v) is 11.4. The smallest absolute Gasteiger partial charge is 0.336 e. The molecule has 100 valence electrons. The lowest BCUT2D eigenvalue weighted by molar-refractivity contribution is -0.115. The largest absolute Gasteiger partial charge is 0.466 e. The molecule has 0 aliphatic carbocycles. The first-order chi connectivity index (χ1) is 9.08. The van der Waals surface area contributed by atoms with Crippen molar-refractivity contribution in [2.75, 3.05) is 12.4 Å². The molecule has 0 unspecified atom stereocenters. The van der Waals surface area contributed by atoms with Crippen LogP contribution in [-0.2, 0) is 11.2 Å². The van der Waals surface area contributed by atoms with Crippen molar-refractivity contribution in [3.63, 3.8) is 0 Å². The molecule has 0 radical (unpaired) electrons. The number of carbonyl (C=O) groups excluding carboxylic acids is 1. The molecular formula is C11H10Cl2N4O2. The molecule has 1 aromatic carbocycles. The summed E-state index contributed by atoms with van der Waals surface area (Å²) in [5.74, 6) is -0.0286. The van der Waals surface area contributed by atoms with Crippen LogP contribution in [0.4, 0.5) is 5.95 Å². The van der Waals surface area contributed by atoms with Gasteiger partial charge in [0.15, 0.2) is 0 Å². The average Bonchev–Trinajstić information content (AvgIpc) is 2.81. The summed E-state index contributed by atoms with van der Waals surface area (Å²) in [5.41, 5.74) is 0.749. The predicted octanol–water partition coefficient (Wildman–Crippen LogP) is 2.30. The topological polar surface area (TPSA) is 79.9 Å². The average molecular weight is 301 g/mol. The van der Waals surface area contributed by atoms with Crippen LogP contribution >= 0.6 is 23.2 Å². The minimum Gasteiger partial charge on any atom is -0.466 e. The third-order valence-electron chi connectivity index (χ3n) is 2.25. The SMILES string of the molecule is COc1n[nH]c(NC(=O)Cc2ccc(Cl)c(Cl)c2)n1. The van der Waals surface area contributed by atoms with Crippen molar-refractivity contribution in [1.82, 2.24) is 15.2 Å². The van der Waals surface area contributed by atoms with E-state index in [1.54, 1.807) is 18.2 Å². The predicted molar refractivity (Wildman–Crippen MR) is 71.7 cm³/mol. The number of H-pyrrole nitrogens is 1. The van der Waals surface area contributed by atoms with Gasteiger partial charge < -0.3 is 4.74 Å². The number of ether oxygens (including phenoxy) is 1. The van der Waals surface area contributed by atoms with Gasteiger partial charge in [0.05, 0.1) is 23.6 Å². The number of benzene rings is 1. The molecule has 6 nitrogen and oxygen atoms in total. The number of halogens is 2. The zero-order valence-electron chi connectivity index (χ0n) is 9.91. The third-order valence-corrected chi connectivity index (χ3v) is 2.99. The fourth-order valence-electron chi connectivity index (χ4n) is 1.40. The van der Waals surface area contributed by atoms with E-state index in [2.05, 4.69) is 20.5 Å². The van der Waals surface area contributed by atoms with E-state index in [1.165, 1.54) is 7.11 Å². The molecule has 0 fully saturated rings. The number of anilines is 1. The first kappa shape index (κ1) is 13.6. The van der Waals surface area contributed by atoms with Crippen molar-refractivity contribution >= 4 is 35.1 Å². The summed E-state index contributed by atoms with van der Waals surface area (Å²) < 4.78 is 4.79. The highest BCUT2D eigenvalue weighted by molar-refractivity contribution is 6.42. The number of nitrogens with one attached hydrogen (secondary N) is 2. The molecule has 0 aliphatic heterocycles. The standard InChI is InChI=1S/C11H10Cl2N4O2/c1-19-11-15-10(16-17-11)14-9(18)5-6-2-3-7(12)8(13)4-6/h2-4H,5H2,1H3,(H2,14,15,16,17,18). The van der Waals surface area contributed by atoms with Gasteiger partial charge >= 0.3 is 6.01 Å². The van der Waals surface area contributed by atoms with Crippen molar-refractivity contribution in [2.45, 2.75) is 6.42 Å². The van der Waals surface area contributed by atoms with Gasteiger partial charge in [-0.15, -0.1) is 5.10 Å². The van der Waals surface area contributed by atoms with Crippen LogP contribution in [0.15, 0.2) is 18.2 Å². The molecule has 0 atom stereocenters. The van der Waals surface area contributed by atoms with E-state index in [1.807, 2.05) is 0 Å². The van der Waals surface area contributed by atoms with E-state index >= 15 is 0 Å². The summed E-state index contributed by atoms with van der Waals surface area (Å²) in [7, 11) is 1.44. The Kier molecular flexibility index (Phi) is 4.24. The van der Waals surface area contributed by atoms with Crippen molar-refractivity contribution in [1.29, 1.82) is 0 Å². The molecule has 0 bridgehead atoms. The number of aromatic nitrogens is 3. The molecule has 1 amide bonds. The van der Waals surface area contributed by atoms with Gasteiger partial charge in [-0.3, -0.25) is 10.1 Å². The Hall–Kier alpha value is -1.79. The van der Waals surface area contributed by atoms with Gasteiger partial charge in [-0.1, -0.05) is 29.3 Å². The minimum absolute atomic E-state index is 0.153. The lowest BCUT2D eigenvalue weighted by Gasteiger charge is -2.03. The number of nitrogens with zero attached hydrogens (tertiary/aromatic N) is 2. The van der Waals surface area contributed by atoms with Crippen LogP contribution in [-0.4, -0.2) is 28.2 Å². The Balaban J connectivity index is 1.98. The molecule has 1 aromatic heterocycles. The summed E-state index contributed by atoms with van der Waals surface area (Å²) >= 11 is 11.7. The maximum Gasteiger partial charge on any atom is 0.336 e. The molecule has 0 aliphatic rings. The van der Waals surface area contributed by atoms with E-state index in [-0.39, 0.29) is 24.3 Å². The van der Waals surface area contributed by atoms with E-state index in [9.17, 15) is 4.79 Å². The fraction of sp³-hybridized carbons (Fsp3) is 0.182. The second kappa shape index (κ2) is 5.90. The van der Waals surface area contributed by atoms with Gasteiger partial charge in [0.2, 0.25) is 11.9 Å². The molecule has 0 saturated carbocycles. The lowest BCUT2D eigenvalue weighted by Crippen LogP contribution is -2.15. The number of amides is 1. The Morgan fingerprint density at radius 1 is 1.42 bits per heavy atom. The molecule has 8 heteroatoms.